The van der Waals surface area contributed by atoms with Gasteiger partial charge in [0.15, 0.2) is 11.5 Å². The fourth-order valence-corrected chi connectivity index (χ4v) is 3.02. The standard InChI is InChI=1S/C24H20N2O4/c1-17-5-3-6-18(13-17)16-30-24-20(7-4-8-23(24)29-2)14-21(15-25)19-9-11-22(12-10-19)26(27)28/h3-14H,16H2,1-2H3. The summed E-state index contributed by atoms with van der Waals surface area (Å²) in [7, 11) is 1.56. The van der Waals surface area contributed by atoms with Gasteiger partial charge in [-0.05, 0) is 42.3 Å². The number of para-hydroxylation sites is 1. The van der Waals surface area contributed by atoms with Crippen molar-refractivity contribution in [1.82, 2.24) is 0 Å². The maximum atomic E-state index is 10.9. The van der Waals surface area contributed by atoms with E-state index in [4.69, 9.17) is 9.47 Å². The number of non-ortho nitro benzene ring substituents is 1. The predicted molar refractivity (Wildman–Crippen MR) is 115 cm³/mol. The molecular formula is C24H20N2O4. The number of ether oxygens (including phenoxy) is 2. The molecule has 0 saturated carbocycles. The molecule has 150 valence electrons. The summed E-state index contributed by atoms with van der Waals surface area (Å²) in [6.07, 6.45) is 1.69. The quantitative estimate of drug-likeness (QED) is 0.224. The number of rotatable bonds is 7. The monoisotopic (exact) mass is 400 g/mol. The molecule has 0 bridgehead atoms. The first-order valence-electron chi connectivity index (χ1n) is 9.24. The van der Waals surface area contributed by atoms with Gasteiger partial charge in [-0.1, -0.05) is 42.0 Å². The Morgan fingerprint density at radius 1 is 1.13 bits per heavy atom. The van der Waals surface area contributed by atoms with E-state index in [2.05, 4.69) is 6.07 Å². The molecule has 3 aromatic rings. The molecule has 0 aliphatic rings. The van der Waals surface area contributed by atoms with E-state index in [9.17, 15) is 15.4 Å². The minimum Gasteiger partial charge on any atom is -0.493 e. The van der Waals surface area contributed by atoms with Gasteiger partial charge in [-0.2, -0.15) is 5.26 Å². The molecule has 3 aromatic carbocycles. The van der Waals surface area contributed by atoms with Crippen LogP contribution in [-0.2, 0) is 6.61 Å². The van der Waals surface area contributed by atoms with Crippen LogP contribution in [0.15, 0.2) is 66.7 Å². The zero-order valence-corrected chi connectivity index (χ0v) is 16.7. The number of nitro groups is 1. The lowest BCUT2D eigenvalue weighted by Crippen LogP contribution is -2.00. The van der Waals surface area contributed by atoms with Crippen LogP contribution < -0.4 is 9.47 Å². The number of nitrogens with zero attached hydrogens (tertiary/aromatic N) is 2. The Bertz CT molecular complexity index is 1130. The molecule has 30 heavy (non-hydrogen) atoms. The van der Waals surface area contributed by atoms with Crippen molar-refractivity contribution in [1.29, 1.82) is 5.26 Å². The van der Waals surface area contributed by atoms with Crippen molar-refractivity contribution in [3.63, 3.8) is 0 Å². The van der Waals surface area contributed by atoms with Crippen LogP contribution in [0.4, 0.5) is 5.69 Å². The fraction of sp³-hybridized carbons (Fsp3) is 0.125. The average Bonchev–Trinajstić information content (AvgIpc) is 2.76. The third kappa shape index (κ3) is 4.83. The Labute approximate surface area is 174 Å². The highest BCUT2D eigenvalue weighted by atomic mass is 16.6. The maximum Gasteiger partial charge on any atom is 0.269 e. The molecule has 0 amide bonds. The molecule has 0 aliphatic carbocycles. The fourth-order valence-electron chi connectivity index (χ4n) is 3.02. The largest absolute Gasteiger partial charge is 0.493 e. The number of methoxy groups -OCH3 is 1. The summed E-state index contributed by atoms with van der Waals surface area (Å²) < 4.78 is 11.5. The highest BCUT2D eigenvalue weighted by molar-refractivity contribution is 5.91. The SMILES string of the molecule is COc1cccc(C=C(C#N)c2ccc([N+](=O)[O-])cc2)c1OCc1cccc(C)c1. The molecule has 6 heteroatoms. The Morgan fingerprint density at radius 2 is 1.87 bits per heavy atom. The molecule has 3 rings (SSSR count). The molecule has 0 radical (unpaired) electrons. The second-order valence-corrected chi connectivity index (χ2v) is 6.63. The molecule has 0 aromatic heterocycles. The van der Waals surface area contributed by atoms with Crippen molar-refractivity contribution in [2.45, 2.75) is 13.5 Å². The zero-order chi connectivity index (χ0) is 21.5. The van der Waals surface area contributed by atoms with Gasteiger partial charge in [0.05, 0.1) is 23.7 Å². The van der Waals surface area contributed by atoms with Crippen molar-refractivity contribution >= 4 is 17.3 Å². The Morgan fingerprint density at radius 3 is 2.50 bits per heavy atom. The van der Waals surface area contributed by atoms with Gasteiger partial charge in [0.1, 0.15) is 6.61 Å². The van der Waals surface area contributed by atoms with Gasteiger partial charge >= 0.3 is 0 Å². The van der Waals surface area contributed by atoms with E-state index in [1.54, 1.807) is 31.4 Å². The highest BCUT2D eigenvalue weighted by Gasteiger charge is 2.12. The van der Waals surface area contributed by atoms with Crippen LogP contribution in [0.5, 0.6) is 11.5 Å². The molecule has 0 heterocycles. The van der Waals surface area contributed by atoms with E-state index in [1.807, 2.05) is 43.3 Å². The first-order chi connectivity index (χ1) is 14.5. The lowest BCUT2D eigenvalue weighted by atomic mass is 10.0. The zero-order valence-electron chi connectivity index (χ0n) is 16.7. The molecule has 0 atom stereocenters. The molecular weight excluding hydrogens is 380 g/mol. The summed E-state index contributed by atoms with van der Waals surface area (Å²) in [6.45, 7) is 2.37. The number of hydrogen-bond donors (Lipinski definition) is 0. The Hall–Kier alpha value is -4.11. The first-order valence-corrected chi connectivity index (χ1v) is 9.24. The molecule has 0 fully saturated rings. The summed E-state index contributed by atoms with van der Waals surface area (Å²) in [4.78, 5) is 10.4. The molecule has 0 unspecified atom stereocenters. The third-order valence-corrected chi connectivity index (χ3v) is 4.50. The molecule has 0 spiro atoms. The highest BCUT2D eigenvalue weighted by Crippen LogP contribution is 2.34. The van der Waals surface area contributed by atoms with Crippen molar-refractivity contribution in [3.8, 4) is 17.6 Å². The van der Waals surface area contributed by atoms with Crippen LogP contribution in [0.3, 0.4) is 0 Å². The Kier molecular flexibility index (Phi) is 6.46. The second kappa shape index (κ2) is 9.39. The van der Waals surface area contributed by atoms with Crippen molar-refractivity contribution in [2.75, 3.05) is 7.11 Å². The lowest BCUT2D eigenvalue weighted by molar-refractivity contribution is -0.384. The van der Waals surface area contributed by atoms with E-state index in [0.29, 0.717) is 34.8 Å². The normalized spacial score (nSPS) is 10.9. The van der Waals surface area contributed by atoms with Gasteiger partial charge in [-0.15, -0.1) is 0 Å². The predicted octanol–water partition coefficient (Wildman–Crippen LogP) is 5.56. The van der Waals surface area contributed by atoms with E-state index in [-0.39, 0.29) is 5.69 Å². The van der Waals surface area contributed by atoms with E-state index in [1.165, 1.54) is 12.1 Å². The summed E-state index contributed by atoms with van der Waals surface area (Å²) in [5.41, 5.74) is 3.75. The first kappa shape index (κ1) is 20.6. The van der Waals surface area contributed by atoms with E-state index in [0.717, 1.165) is 11.1 Å². The summed E-state index contributed by atoms with van der Waals surface area (Å²) in [6, 6.07) is 21.5. The molecule has 0 N–H and O–H groups in total. The summed E-state index contributed by atoms with van der Waals surface area (Å²) in [5.74, 6) is 1.08. The summed E-state index contributed by atoms with van der Waals surface area (Å²) >= 11 is 0. The van der Waals surface area contributed by atoms with Crippen LogP contribution in [-0.4, -0.2) is 12.0 Å². The lowest BCUT2D eigenvalue weighted by Gasteiger charge is -2.14. The number of hydrogen-bond acceptors (Lipinski definition) is 5. The average molecular weight is 400 g/mol. The van der Waals surface area contributed by atoms with Gasteiger partial charge in [0, 0.05) is 17.7 Å². The van der Waals surface area contributed by atoms with Crippen LogP contribution in [0, 0.1) is 28.4 Å². The van der Waals surface area contributed by atoms with Crippen molar-refractivity contribution < 1.29 is 14.4 Å². The number of benzene rings is 3. The van der Waals surface area contributed by atoms with E-state index < -0.39 is 4.92 Å². The van der Waals surface area contributed by atoms with Gasteiger partial charge in [0.25, 0.3) is 5.69 Å². The summed E-state index contributed by atoms with van der Waals surface area (Å²) in [5, 5.41) is 20.5. The maximum absolute atomic E-state index is 10.9. The molecule has 0 aliphatic heterocycles. The minimum absolute atomic E-state index is 0.0282. The van der Waals surface area contributed by atoms with E-state index >= 15 is 0 Å². The topological polar surface area (TPSA) is 85.4 Å². The third-order valence-electron chi connectivity index (χ3n) is 4.50. The number of allylic oxidation sites excluding steroid dienone is 1. The van der Waals surface area contributed by atoms with Crippen LogP contribution >= 0.6 is 0 Å². The smallest absolute Gasteiger partial charge is 0.269 e. The van der Waals surface area contributed by atoms with Crippen LogP contribution in [0.25, 0.3) is 11.6 Å². The van der Waals surface area contributed by atoms with Crippen LogP contribution in [0.2, 0.25) is 0 Å². The van der Waals surface area contributed by atoms with Gasteiger partial charge < -0.3 is 9.47 Å². The van der Waals surface area contributed by atoms with Gasteiger partial charge in [0.2, 0.25) is 0 Å². The molecule has 6 nitrogen and oxygen atoms in total. The number of aryl methyl sites for hydroxylation is 1. The second-order valence-electron chi connectivity index (χ2n) is 6.63. The minimum atomic E-state index is -0.473. The van der Waals surface area contributed by atoms with Crippen LogP contribution in [0.1, 0.15) is 22.3 Å². The number of nitriles is 1. The van der Waals surface area contributed by atoms with Crippen molar-refractivity contribution in [2.24, 2.45) is 0 Å². The van der Waals surface area contributed by atoms with Gasteiger partial charge in [-0.3, -0.25) is 10.1 Å². The Balaban J connectivity index is 1.95. The number of nitro benzene ring substituents is 1. The van der Waals surface area contributed by atoms with Crippen molar-refractivity contribution in [3.05, 3.63) is 99.1 Å². The molecule has 0 saturated heterocycles. The van der Waals surface area contributed by atoms with Gasteiger partial charge in [-0.25, -0.2) is 0 Å².